The lowest BCUT2D eigenvalue weighted by atomic mass is 9.94. The van der Waals surface area contributed by atoms with Crippen molar-refractivity contribution < 1.29 is 14.0 Å². The van der Waals surface area contributed by atoms with E-state index in [0.29, 0.717) is 6.42 Å². The minimum absolute atomic E-state index is 0.234. The van der Waals surface area contributed by atoms with Gasteiger partial charge in [-0.15, -0.1) is 0 Å². The van der Waals surface area contributed by atoms with Crippen molar-refractivity contribution in [2.24, 2.45) is 5.16 Å². The fourth-order valence-electron chi connectivity index (χ4n) is 2.88. The van der Waals surface area contributed by atoms with Crippen LogP contribution in [0.4, 0.5) is 9.18 Å². The highest BCUT2D eigenvalue weighted by Crippen LogP contribution is 2.36. The molecule has 0 fully saturated rings. The molecule has 0 saturated carbocycles. The maximum absolute atomic E-state index is 13.0. The Balaban J connectivity index is 1.83. The molecule has 1 N–H and O–H groups in total. The number of amides is 1. The Bertz CT molecular complexity index is 741. The van der Waals surface area contributed by atoms with E-state index in [1.165, 1.54) is 24.7 Å². The van der Waals surface area contributed by atoms with Crippen LogP contribution >= 0.6 is 0 Å². The van der Waals surface area contributed by atoms with Gasteiger partial charge in [0.1, 0.15) is 5.82 Å². The van der Waals surface area contributed by atoms with E-state index in [2.05, 4.69) is 16.5 Å². The Kier molecular flexibility index (Phi) is 4.37. The molecule has 0 aliphatic heterocycles. The molecular weight excluding hydrogens is 295 g/mol. The summed E-state index contributed by atoms with van der Waals surface area (Å²) in [6, 6.07) is 14.5. The molecule has 0 bridgehead atoms. The molecule has 2 aromatic rings. The Morgan fingerprint density at radius 2 is 2.00 bits per heavy atom. The van der Waals surface area contributed by atoms with Crippen LogP contribution in [0.3, 0.4) is 0 Å². The third-order valence-electron chi connectivity index (χ3n) is 3.99. The number of nitrogens with one attached hydrogen (secondary N) is 1. The second-order valence-electron chi connectivity index (χ2n) is 5.49. The molecule has 1 unspecified atom stereocenters. The highest BCUT2D eigenvalue weighted by atomic mass is 19.1. The fourth-order valence-corrected chi connectivity index (χ4v) is 2.88. The van der Waals surface area contributed by atoms with Gasteiger partial charge in [0, 0.05) is 19.0 Å². The van der Waals surface area contributed by atoms with Gasteiger partial charge in [-0.25, -0.2) is 9.18 Å². The second-order valence-corrected chi connectivity index (χ2v) is 5.49. The predicted octanol–water partition coefficient (Wildman–Crippen LogP) is 3.62. The third kappa shape index (κ3) is 3.39. The van der Waals surface area contributed by atoms with Gasteiger partial charge < -0.3 is 5.32 Å². The number of carbonyl (C=O) groups is 1. The summed E-state index contributed by atoms with van der Waals surface area (Å²) in [5, 5.41) is 6.35. The molecule has 1 amide bonds. The average molecular weight is 312 g/mol. The predicted molar refractivity (Wildman–Crippen MR) is 86.0 cm³/mol. The van der Waals surface area contributed by atoms with Crippen molar-refractivity contribution >= 4 is 11.8 Å². The first-order chi connectivity index (χ1) is 11.2. The van der Waals surface area contributed by atoms with Gasteiger partial charge in [0.25, 0.3) is 0 Å². The van der Waals surface area contributed by atoms with E-state index >= 15 is 0 Å². The van der Waals surface area contributed by atoms with Crippen molar-refractivity contribution in [2.45, 2.75) is 18.8 Å². The summed E-state index contributed by atoms with van der Waals surface area (Å²) in [7, 11) is 1.49. The number of nitrogens with zero attached hydrogens (tertiary/aromatic N) is 1. The van der Waals surface area contributed by atoms with Crippen molar-refractivity contribution in [3.05, 3.63) is 71.0 Å². The number of rotatable bonds is 3. The van der Waals surface area contributed by atoms with Gasteiger partial charge in [0.2, 0.25) is 0 Å². The molecule has 1 atom stereocenters. The van der Waals surface area contributed by atoms with Gasteiger partial charge >= 0.3 is 6.09 Å². The van der Waals surface area contributed by atoms with Crippen molar-refractivity contribution in [3.8, 4) is 0 Å². The maximum atomic E-state index is 13.0. The van der Waals surface area contributed by atoms with Gasteiger partial charge in [0.05, 0.1) is 5.71 Å². The van der Waals surface area contributed by atoms with E-state index in [0.717, 1.165) is 23.3 Å². The molecule has 4 nitrogen and oxygen atoms in total. The molecule has 0 aromatic heterocycles. The van der Waals surface area contributed by atoms with Crippen LogP contribution in [0.1, 0.15) is 29.0 Å². The first-order valence-corrected chi connectivity index (χ1v) is 7.46. The van der Waals surface area contributed by atoms with Gasteiger partial charge in [-0.3, -0.25) is 4.84 Å². The number of oxime groups is 1. The summed E-state index contributed by atoms with van der Waals surface area (Å²) in [5.74, 6) is 0.00509. The molecule has 0 heterocycles. The number of benzene rings is 2. The van der Waals surface area contributed by atoms with Gasteiger partial charge in [-0.05, 0) is 35.6 Å². The number of hydrogen-bond donors (Lipinski definition) is 1. The van der Waals surface area contributed by atoms with Crippen LogP contribution in [0.25, 0.3) is 0 Å². The van der Waals surface area contributed by atoms with Crippen LogP contribution < -0.4 is 5.32 Å². The van der Waals surface area contributed by atoms with Crippen LogP contribution in [0.15, 0.2) is 53.7 Å². The molecule has 2 aromatic carbocycles. The first kappa shape index (κ1) is 15.2. The van der Waals surface area contributed by atoms with E-state index in [1.54, 1.807) is 12.1 Å². The largest absolute Gasteiger partial charge is 0.433 e. The molecule has 3 rings (SSSR count). The highest BCUT2D eigenvalue weighted by molar-refractivity contribution is 6.05. The average Bonchev–Trinajstić information content (AvgIpc) is 2.93. The fraction of sp³-hybridized carbons (Fsp3) is 0.222. The zero-order chi connectivity index (χ0) is 16.2. The van der Waals surface area contributed by atoms with Crippen LogP contribution in [0.2, 0.25) is 0 Å². The normalized spacial score (nSPS) is 17.8. The summed E-state index contributed by atoms with van der Waals surface area (Å²) in [6.45, 7) is 0. The third-order valence-corrected chi connectivity index (χ3v) is 3.99. The lowest BCUT2D eigenvalue weighted by Gasteiger charge is -2.10. The summed E-state index contributed by atoms with van der Waals surface area (Å²) in [6.07, 6.45) is 0.890. The number of hydrogen-bond acceptors (Lipinski definition) is 3. The summed E-state index contributed by atoms with van der Waals surface area (Å²) in [5.41, 5.74) is 4.01. The van der Waals surface area contributed by atoms with E-state index in [-0.39, 0.29) is 11.7 Å². The molecular formula is C18H17FN2O2. The first-order valence-electron chi connectivity index (χ1n) is 7.46. The summed E-state index contributed by atoms with van der Waals surface area (Å²) in [4.78, 5) is 16.0. The van der Waals surface area contributed by atoms with E-state index in [4.69, 9.17) is 4.84 Å². The Labute approximate surface area is 134 Å². The van der Waals surface area contributed by atoms with E-state index < -0.39 is 6.09 Å². The molecule has 0 radical (unpaired) electrons. The molecule has 1 aliphatic carbocycles. The molecule has 1 aliphatic rings. The van der Waals surface area contributed by atoms with Crippen molar-refractivity contribution in [3.63, 3.8) is 0 Å². The van der Waals surface area contributed by atoms with Gasteiger partial charge in [-0.1, -0.05) is 41.6 Å². The van der Waals surface area contributed by atoms with Crippen LogP contribution in [0, 0.1) is 5.82 Å². The number of fused-ring (bicyclic) bond motifs is 1. The zero-order valence-corrected chi connectivity index (χ0v) is 12.8. The molecule has 0 spiro atoms. The van der Waals surface area contributed by atoms with Crippen molar-refractivity contribution in [1.82, 2.24) is 5.32 Å². The topological polar surface area (TPSA) is 50.7 Å². The maximum Gasteiger partial charge on any atom is 0.433 e. The van der Waals surface area contributed by atoms with Crippen LogP contribution in [0.5, 0.6) is 0 Å². The van der Waals surface area contributed by atoms with E-state index in [1.807, 2.05) is 18.2 Å². The highest BCUT2D eigenvalue weighted by Gasteiger charge is 2.28. The van der Waals surface area contributed by atoms with Crippen LogP contribution in [-0.2, 0) is 11.3 Å². The van der Waals surface area contributed by atoms with Gasteiger partial charge in [-0.2, -0.15) is 0 Å². The molecule has 5 heteroatoms. The monoisotopic (exact) mass is 312 g/mol. The lowest BCUT2D eigenvalue weighted by molar-refractivity contribution is 0.153. The molecule has 0 saturated heterocycles. The quantitative estimate of drug-likeness (QED) is 0.695. The number of carbonyl (C=O) groups excluding carboxylic acids is 1. The smallest absolute Gasteiger partial charge is 0.323 e. The number of halogens is 1. The summed E-state index contributed by atoms with van der Waals surface area (Å²) < 4.78 is 13.0. The molecule has 23 heavy (non-hydrogen) atoms. The van der Waals surface area contributed by atoms with Crippen LogP contribution in [-0.4, -0.2) is 18.9 Å². The Morgan fingerprint density at radius 1 is 1.26 bits per heavy atom. The van der Waals surface area contributed by atoms with Crippen molar-refractivity contribution in [1.29, 1.82) is 0 Å². The second kappa shape index (κ2) is 6.60. The lowest BCUT2D eigenvalue weighted by Crippen LogP contribution is -2.17. The van der Waals surface area contributed by atoms with E-state index in [9.17, 15) is 9.18 Å². The SMILES string of the molecule is CNC(=O)O/N=C1/CC(Cc2ccc(F)cc2)c2ccccc21. The van der Waals surface area contributed by atoms with Crippen molar-refractivity contribution in [2.75, 3.05) is 7.05 Å². The minimum atomic E-state index is -0.586. The minimum Gasteiger partial charge on any atom is -0.323 e. The van der Waals surface area contributed by atoms with Gasteiger partial charge in [0.15, 0.2) is 0 Å². The summed E-state index contributed by atoms with van der Waals surface area (Å²) >= 11 is 0. The zero-order valence-electron chi connectivity index (χ0n) is 12.8. The standard InChI is InChI=1S/C18H17FN2O2/c1-20-18(22)23-21-17-11-13(15-4-2-3-5-16(15)17)10-12-6-8-14(19)9-7-12/h2-9,13H,10-11H2,1H3,(H,20,22)/b21-17-. The molecule has 118 valence electrons. The Hall–Kier alpha value is -2.69. The Morgan fingerprint density at radius 3 is 2.74 bits per heavy atom.